The molecule has 0 bridgehead atoms. The van der Waals surface area contributed by atoms with E-state index in [1.54, 1.807) is 6.92 Å². The van der Waals surface area contributed by atoms with E-state index in [-0.39, 0.29) is 11.3 Å². The van der Waals surface area contributed by atoms with E-state index in [9.17, 15) is 9.90 Å². The lowest BCUT2D eigenvalue weighted by atomic mass is 10.1. The molecule has 1 rings (SSSR count). The molecule has 0 unspecified atom stereocenters. The van der Waals surface area contributed by atoms with Gasteiger partial charge < -0.3 is 14.6 Å². The molecule has 1 aromatic carbocycles. The molecule has 0 aromatic heterocycles. The van der Waals surface area contributed by atoms with Crippen molar-refractivity contribution < 1.29 is 19.4 Å². The summed E-state index contributed by atoms with van der Waals surface area (Å²) in [5.41, 5.74) is 0.726. The third kappa shape index (κ3) is 2.07. The van der Waals surface area contributed by atoms with Crippen LogP contribution in [0, 0.1) is 6.92 Å². The van der Waals surface area contributed by atoms with Gasteiger partial charge in [-0.05, 0) is 28.4 Å². The predicted octanol–water partition coefficient (Wildman–Crippen LogP) is 2.26. The van der Waals surface area contributed by atoms with Crippen LogP contribution in [-0.2, 0) is 4.74 Å². The van der Waals surface area contributed by atoms with E-state index < -0.39 is 5.97 Å². The summed E-state index contributed by atoms with van der Waals surface area (Å²) < 4.78 is 10.2. The number of carbonyl (C=O) groups excluding carboxylic acids is 1. The Labute approximate surface area is 95.9 Å². The summed E-state index contributed by atoms with van der Waals surface area (Å²) in [7, 11) is 2.75. The van der Waals surface area contributed by atoms with Crippen molar-refractivity contribution in [1.82, 2.24) is 0 Å². The Morgan fingerprint density at radius 1 is 1.47 bits per heavy atom. The van der Waals surface area contributed by atoms with Crippen LogP contribution >= 0.6 is 15.9 Å². The standard InChI is InChI=1S/C10H11BrO4/c1-5-8(10(13)15-3)6(12)4-7(14-2)9(5)11/h4,12H,1-3H3. The van der Waals surface area contributed by atoms with Crippen molar-refractivity contribution >= 4 is 21.9 Å². The zero-order valence-corrected chi connectivity index (χ0v) is 10.2. The molecule has 0 aliphatic heterocycles. The zero-order chi connectivity index (χ0) is 11.6. The number of rotatable bonds is 2. The summed E-state index contributed by atoms with van der Waals surface area (Å²) in [5, 5.41) is 9.63. The van der Waals surface area contributed by atoms with Crippen molar-refractivity contribution in [3.63, 3.8) is 0 Å². The highest BCUT2D eigenvalue weighted by atomic mass is 79.9. The quantitative estimate of drug-likeness (QED) is 0.841. The molecular weight excluding hydrogens is 264 g/mol. The average Bonchev–Trinajstić information content (AvgIpc) is 2.23. The number of benzene rings is 1. The first-order valence-electron chi connectivity index (χ1n) is 4.17. The van der Waals surface area contributed by atoms with E-state index in [0.29, 0.717) is 15.8 Å². The molecule has 82 valence electrons. The van der Waals surface area contributed by atoms with Crippen LogP contribution in [0.4, 0.5) is 0 Å². The van der Waals surface area contributed by atoms with E-state index in [4.69, 9.17) is 4.74 Å². The zero-order valence-electron chi connectivity index (χ0n) is 8.63. The van der Waals surface area contributed by atoms with Crippen LogP contribution in [-0.4, -0.2) is 25.3 Å². The molecule has 0 heterocycles. The molecule has 0 atom stereocenters. The Kier molecular flexibility index (Phi) is 3.57. The highest BCUT2D eigenvalue weighted by Crippen LogP contribution is 2.36. The molecular formula is C10H11BrO4. The summed E-state index contributed by atoms with van der Waals surface area (Å²) in [4.78, 5) is 11.4. The van der Waals surface area contributed by atoms with Gasteiger partial charge in [0.25, 0.3) is 0 Å². The van der Waals surface area contributed by atoms with E-state index in [0.717, 1.165) is 0 Å². The van der Waals surface area contributed by atoms with E-state index >= 15 is 0 Å². The third-order valence-corrected chi connectivity index (χ3v) is 3.04. The van der Waals surface area contributed by atoms with Gasteiger partial charge in [0.05, 0.1) is 18.7 Å². The molecule has 4 nitrogen and oxygen atoms in total. The molecule has 1 aromatic rings. The van der Waals surface area contributed by atoms with Crippen LogP contribution in [0.2, 0.25) is 0 Å². The number of aromatic hydroxyl groups is 1. The number of ether oxygens (including phenoxy) is 2. The van der Waals surface area contributed by atoms with Gasteiger partial charge in [-0.15, -0.1) is 0 Å². The molecule has 0 amide bonds. The fourth-order valence-electron chi connectivity index (χ4n) is 1.25. The second-order valence-electron chi connectivity index (χ2n) is 2.90. The number of hydrogen-bond donors (Lipinski definition) is 1. The van der Waals surface area contributed by atoms with Crippen molar-refractivity contribution in [2.24, 2.45) is 0 Å². The second-order valence-corrected chi connectivity index (χ2v) is 3.70. The molecule has 0 radical (unpaired) electrons. The molecule has 0 aliphatic rings. The molecule has 0 fully saturated rings. The summed E-state index contributed by atoms with van der Waals surface area (Å²) in [6, 6.07) is 1.36. The second kappa shape index (κ2) is 4.53. The highest BCUT2D eigenvalue weighted by molar-refractivity contribution is 9.10. The van der Waals surface area contributed by atoms with Gasteiger partial charge in [-0.3, -0.25) is 0 Å². The first-order valence-corrected chi connectivity index (χ1v) is 4.96. The van der Waals surface area contributed by atoms with Crippen LogP contribution in [0.15, 0.2) is 10.5 Å². The molecule has 15 heavy (non-hydrogen) atoms. The van der Waals surface area contributed by atoms with Gasteiger partial charge in [-0.2, -0.15) is 0 Å². The van der Waals surface area contributed by atoms with Crippen molar-refractivity contribution in [3.05, 3.63) is 21.7 Å². The number of hydrogen-bond acceptors (Lipinski definition) is 4. The van der Waals surface area contributed by atoms with Crippen molar-refractivity contribution in [1.29, 1.82) is 0 Å². The number of esters is 1. The van der Waals surface area contributed by atoms with Crippen molar-refractivity contribution in [3.8, 4) is 11.5 Å². The molecule has 1 N–H and O–H groups in total. The van der Waals surface area contributed by atoms with E-state index in [1.165, 1.54) is 20.3 Å². The van der Waals surface area contributed by atoms with Crippen LogP contribution in [0.1, 0.15) is 15.9 Å². The summed E-state index contributed by atoms with van der Waals surface area (Å²) >= 11 is 3.28. The summed E-state index contributed by atoms with van der Waals surface area (Å²) in [5.74, 6) is -0.259. The molecule has 5 heteroatoms. The van der Waals surface area contributed by atoms with Crippen LogP contribution in [0.25, 0.3) is 0 Å². The van der Waals surface area contributed by atoms with Gasteiger partial charge in [0.15, 0.2) is 0 Å². The molecule has 0 aliphatic carbocycles. The van der Waals surface area contributed by atoms with Crippen LogP contribution in [0.5, 0.6) is 11.5 Å². The molecule has 0 saturated heterocycles. The van der Waals surface area contributed by atoms with Gasteiger partial charge in [-0.1, -0.05) is 0 Å². The predicted molar refractivity (Wildman–Crippen MR) is 58.4 cm³/mol. The number of methoxy groups -OCH3 is 2. The van der Waals surface area contributed by atoms with Gasteiger partial charge in [0, 0.05) is 6.07 Å². The Balaban J connectivity index is 3.42. The maximum absolute atomic E-state index is 11.4. The van der Waals surface area contributed by atoms with Gasteiger partial charge in [-0.25, -0.2) is 4.79 Å². The Hall–Kier alpha value is -1.23. The average molecular weight is 275 g/mol. The minimum atomic E-state index is -0.576. The minimum absolute atomic E-state index is 0.144. The SMILES string of the molecule is COC(=O)c1c(O)cc(OC)c(Br)c1C. The van der Waals surface area contributed by atoms with Crippen molar-refractivity contribution in [2.45, 2.75) is 6.92 Å². The normalized spacial score (nSPS) is 9.87. The Bertz CT molecular complexity index is 401. The van der Waals surface area contributed by atoms with E-state index in [1.807, 2.05) is 0 Å². The number of halogens is 1. The fraction of sp³-hybridized carbons (Fsp3) is 0.300. The van der Waals surface area contributed by atoms with Crippen LogP contribution < -0.4 is 4.74 Å². The number of carbonyl (C=O) groups is 1. The van der Waals surface area contributed by atoms with Gasteiger partial charge >= 0.3 is 5.97 Å². The van der Waals surface area contributed by atoms with Crippen molar-refractivity contribution in [2.75, 3.05) is 14.2 Å². The smallest absolute Gasteiger partial charge is 0.341 e. The Morgan fingerprint density at radius 2 is 2.07 bits per heavy atom. The maximum Gasteiger partial charge on any atom is 0.341 e. The maximum atomic E-state index is 11.4. The molecule has 0 spiro atoms. The summed E-state index contributed by atoms with van der Waals surface area (Å²) in [6.45, 7) is 1.69. The lowest BCUT2D eigenvalue weighted by Crippen LogP contribution is -2.05. The van der Waals surface area contributed by atoms with Crippen LogP contribution in [0.3, 0.4) is 0 Å². The van der Waals surface area contributed by atoms with E-state index in [2.05, 4.69) is 20.7 Å². The summed E-state index contributed by atoms with van der Waals surface area (Å²) in [6.07, 6.45) is 0. The minimum Gasteiger partial charge on any atom is -0.507 e. The van der Waals surface area contributed by atoms with Gasteiger partial charge in [0.2, 0.25) is 0 Å². The topological polar surface area (TPSA) is 55.8 Å². The highest BCUT2D eigenvalue weighted by Gasteiger charge is 2.19. The van der Waals surface area contributed by atoms with Gasteiger partial charge in [0.1, 0.15) is 17.1 Å². The Morgan fingerprint density at radius 3 is 2.53 bits per heavy atom. The first-order chi connectivity index (χ1) is 7.02. The lowest BCUT2D eigenvalue weighted by Gasteiger charge is -2.11. The third-order valence-electron chi connectivity index (χ3n) is 2.05. The number of phenols is 1. The number of phenolic OH excluding ortho intramolecular Hbond substituents is 1. The first kappa shape index (κ1) is 11.8. The lowest BCUT2D eigenvalue weighted by molar-refractivity contribution is 0.0596. The monoisotopic (exact) mass is 274 g/mol. The molecule has 0 saturated carbocycles. The fourth-order valence-corrected chi connectivity index (χ4v) is 1.73. The largest absolute Gasteiger partial charge is 0.507 e.